The molecule has 24 heavy (non-hydrogen) atoms. The van der Waals surface area contributed by atoms with Crippen LogP contribution in [0.25, 0.3) is 0 Å². The minimum absolute atomic E-state index is 0.0560. The molecular weight excluding hydrogens is 304 g/mol. The number of hydrogen-bond acceptors (Lipinski definition) is 4. The van der Waals surface area contributed by atoms with E-state index in [0.29, 0.717) is 17.2 Å². The van der Waals surface area contributed by atoms with Crippen LogP contribution in [0.15, 0.2) is 48.5 Å². The van der Waals surface area contributed by atoms with Crippen molar-refractivity contribution in [2.75, 3.05) is 24.3 Å². The Kier molecular flexibility index (Phi) is 5.95. The third-order valence-corrected chi connectivity index (χ3v) is 3.63. The normalized spacial score (nSPS) is 10.3. The van der Waals surface area contributed by atoms with Gasteiger partial charge in [0.2, 0.25) is 5.91 Å². The van der Waals surface area contributed by atoms with Crippen molar-refractivity contribution < 1.29 is 14.3 Å². The van der Waals surface area contributed by atoms with Crippen LogP contribution in [0.1, 0.15) is 35.7 Å². The molecule has 0 spiro atoms. The van der Waals surface area contributed by atoms with Gasteiger partial charge >= 0.3 is 5.97 Å². The molecule has 0 bridgehead atoms. The van der Waals surface area contributed by atoms with Crippen molar-refractivity contribution >= 4 is 23.3 Å². The lowest BCUT2D eigenvalue weighted by Gasteiger charge is -2.14. The molecule has 0 saturated heterocycles. The van der Waals surface area contributed by atoms with Gasteiger partial charge in [-0.1, -0.05) is 44.2 Å². The highest BCUT2D eigenvalue weighted by molar-refractivity contribution is 5.98. The molecule has 0 aliphatic rings. The number of esters is 1. The molecule has 0 saturated carbocycles. The standard InChI is InChI=1S/C19H22N2O3/c1-13(2)14-8-4-7-11-17(14)21-18(22)12-20-16-10-6-5-9-15(16)19(23)24-3/h4-11,13,20H,12H2,1-3H3,(H,21,22). The number of carbonyl (C=O) groups is 2. The summed E-state index contributed by atoms with van der Waals surface area (Å²) in [4.78, 5) is 23.9. The number of anilines is 2. The predicted molar refractivity (Wildman–Crippen MR) is 95.4 cm³/mol. The third kappa shape index (κ3) is 4.35. The maximum absolute atomic E-state index is 12.2. The van der Waals surface area contributed by atoms with Crippen LogP contribution < -0.4 is 10.6 Å². The van der Waals surface area contributed by atoms with Gasteiger partial charge in [0.15, 0.2) is 0 Å². The topological polar surface area (TPSA) is 67.4 Å². The summed E-state index contributed by atoms with van der Waals surface area (Å²) in [6, 6.07) is 14.7. The SMILES string of the molecule is COC(=O)c1ccccc1NCC(=O)Nc1ccccc1C(C)C. The summed E-state index contributed by atoms with van der Waals surface area (Å²) in [6.45, 7) is 4.21. The molecule has 0 fully saturated rings. The van der Waals surface area contributed by atoms with E-state index in [1.54, 1.807) is 24.3 Å². The zero-order valence-electron chi connectivity index (χ0n) is 14.1. The van der Waals surface area contributed by atoms with Crippen molar-refractivity contribution in [2.45, 2.75) is 19.8 Å². The number of benzene rings is 2. The van der Waals surface area contributed by atoms with Crippen LogP contribution in [0.2, 0.25) is 0 Å². The number of nitrogens with one attached hydrogen (secondary N) is 2. The number of amides is 1. The van der Waals surface area contributed by atoms with Gasteiger partial charge in [0.25, 0.3) is 0 Å². The van der Waals surface area contributed by atoms with Crippen LogP contribution in [0.5, 0.6) is 0 Å². The quantitative estimate of drug-likeness (QED) is 0.795. The van der Waals surface area contributed by atoms with Gasteiger partial charge in [-0.25, -0.2) is 4.79 Å². The van der Waals surface area contributed by atoms with E-state index >= 15 is 0 Å². The van der Waals surface area contributed by atoms with Crippen LogP contribution in [-0.4, -0.2) is 25.5 Å². The Morgan fingerprint density at radius 1 is 1.00 bits per heavy atom. The van der Waals surface area contributed by atoms with Crippen LogP contribution in [0, 0.1) is 0 Å². The highest BCUT2D eigenvalue weighted by Crippen LogP contribution is 2.23. The molecule has 2 rings (SSSR count). The van der Waals surface area contributed by atoms with E-state index in [0.717, 1.165) is 11.3 Å². The fourth-order valence-corrected chi connectivity index (χ4v) is 2.41. The van der Waals surface area contributed by atoms with Gasteiger partial charge in [0.05, 0.1) is 19.2 Å². The van der Waals surface area contributed by atoms with Gasteiger partial charge in [-0.05, 0) is 29.7 Å². The van der Waals surface area contributed by atoms with Crippen molar-refractivity contribution in [3.8, 4) is 0 Å². The van der Waals surface area contributed by atoms with E-state index in [2.05, 4.69) is 24.5 Å². The number of carbonyl (C=O) groups excluding carboxylic acids is 2. The van der Waals surface area contributed by atoms with Gasteiger partial charge in [0.1, 0.15) is 0 Å². The second-order valence-corrected chi connectivity index (χ2v) is 5.68. The number of para-hydroxylation sites is 2. The number of rotatable bonds is 6. The van der Waals surface area contributed by atoms with Crippen molar-refractivity contribution in [1.82, 2.24) is 0 Å². The van der Waals surface area contributed by atoms with Crippen molar-refractivity contribution in [3.05, 3.63) is 59.7 Å². The summed E-state index contributed by atoms with van der Waals surface area (Å²) in [6.07, 6.45) is 0. The maximum atomic E-state index is 12.2. The van der Waals surface area contributed by atoms with Gasteiger partial charge in [-0.15, -0.1) is 0 Å². The molecule has 2 aromatic carbocycles. The Labute approximate surface area is 142 Å². The molecule has 0 aromatic heterocycles. The smallest absolute Gasteiger partial charge is 0.339 e. The van der Waals surface area contributed by atoms with E-state index in [1.807, 2.05) is 24.3 Å². The lowest BCUT2D eigenvalue weighted by molar-refractivity contribution is -0.114. The fourth-order valence-electron chi connectivity index (χ4n) is 2.41. The number of methoxy groups -OCH3 is 1. The summed E-state index contributed by atoms with van der Waals surface area (Å²) in [5, 5.41) is 5.89. The molecule has 0 aliphatic heterocycles. The molecular formula is C19H22N2O3. The van der Waals surface area contributed by atoms with Gasteiger partial charge in [-0.3, -0.25) is 4.79 Å². The Morgan fingerprint density at radius 2 is 1.62 bits per heavy atom. The highest BCUT2D eigenvalue weighted by atomic mass is 16.5. The Bertz CT molecular complexity index is 726. The molecule has 2 N–H and O–H groups in total. The Hall–Kier alpha value is -2.82. The monoisotopic (exact) mass is 326 g/mol. The van der Waals surface area contributed by atoms with Crippen molar-refractivity contribution in [1.29, 1.82) is 0 Å². The average Bonchev–Trinajstić information content (AvgIpc) is 2.59. The van der Waals surface area contributed by atoms with E-state index in [1.165, 1.54) is 7.11 Å². The molecule has 1 amide bonds. The number of hydrogen-bond donors (Lipinski definition) is 2. The molecule has 0 heterocycles. The van der Waals surface area contributed by atoms with Gasteiger partial charge in [-0.2, -0.15) is 0 Å². The van der Waals surface area contributed by atoms with Gasteiger partial charge in [0, 0.05) is 11.4 Å². The lowest BCUT2D eigenvalue weighted by atomic mass is 10.0. The second-order valence-electron chi connectivity index (χ2n) is 5.68. The summed E-state index contributed by atoms with van der Waals surface area (Å²) < 4.78 is 4.74. The van der Waals surface area contributed by atoms with E-state index in [-0.39, 0.29) is 12.5 Å². The van der Waals surface area contributed by atoms with Crippen LogP contribution in [0.4, 0.5) is 11.4 Å². The van der Waals surface area contributed by atoms with E-state index in [9.17, 15) is 9.59 Å². The largest absolute Gasteiger partial charge is 0.465 e. The molecule has 0 atom stereocenters. The second kappa shape index (κ2) is 8.15. The number of ether oxygens (including phenoxy) is 1. The minimum Gasteiger partial charge on any atom is -0.465 e. The summed E-state index contributed by atoms with van der Waals surface area (Å²) in [5.74, 6) is -0.305. The molecule has 0 unspecified atom stereocenters. The zero-order valence-corrected chi connectivity index (χ0v) is 14.1. The molecule has 5 nitrogen and oxygen atoms in total. The third-order valence-electron chi connectivity index (χ3n) is 3.63. The Balaban J connectivity index is 2.04. The van der Waals surface area contributed by atoms with Crippen LogP contribution >= 0.6 is 0 Å². The molecule has 5 heteroatoms. The minimum atomic E-state index is -0.441. The first-order valence-electron chi connectivity index (χ1n) is 7.83. The first-order valence-corrected chi connectivity index (χ1v) is 7.83. The van der Waals surface area contributed by atoms with Gasteiger partial charge < -0.3 is 15.4 Å². The van der Waals surface area contributed by atoms with Crippen molar-refractivity contribution in [2.24, 2.45) is 0 Å². The van der Waals surface area contributed by atoms with Crippen LogP contribution in [-0.2, 0) is 9.53 Å². The van der Waals surface area contributed by atoms with Crippen molar-refractivity contribution in [3.63, 3.8) is 0 Å². The summed E-state index contributed by atoms with van der Waals surface area (Å²) in [7, 11) is 1.33. The lowest BCUT2D eigenvalue weighted by Crippen LogP contribution is -2.23. The molecule has 2 aromatic rings. The first-order chi connectivity index (χ1) is 11.5. The van der Waals surface area contributed by atoms with Crippen LogP contribution in [0.3, 0.4) is 0 Å². The predicted octanol–water partition coefficient (Wildman–Crippen LogP) is 3.65. The molecule has 0 aliphatic carbocycles. The Morgan fingerprint density at radius 3 is 2.29 bits per heavy atom. The van der Waals surface area contributed by atoms with E-state index < -0.39 is 5.97 Å². The summed E-state index contributed by atoms with van der Waals surface area (Å²) >= 11 is 0. The maximum Gasteiger partial charge on any atom is 0.339 e. The molecule has 126 valence electrons. The first kappa shape index (κ1) is 17.5. The zero-order chi connectivity index (χ0) is 17.5. The average molecular weight is 326 g/mol. The van der Waals surface area contributed by atoms with E-state index in [4.69, 9.17) is 4.74 Å². The highest BCUT2D eigenvalue weighted by Gasteiger charge is 2.13. The summed E-state index contributed by atoms with van der Waals surface area (Å²) in [5.41, 5.74) is 2.85. The molecule has 0 radical (unpaired) electrons. The fraction of sp³-hybridized carbons (Fsp3) is 0.263.